The van der Waals surface area contributed by atoms with E-state index in [-0.39, 0.29) is 5.56 Å². The van der Waals surface area contributed by atoms with Gasteiger partial charge < -0.3 is 10.3 Å². The molecule has 14 heavy (non-hydrogen) atoms. The van der Waals surface area contributed by atoms with E-state index >= 15 is 0 Å². The number of nitrogens with one attached hydrogen (secondary N) is 2. The minimum atomic E-state index is -0.189. The highest BCUT2D eigenvalue weighted by atomic mass is 35.5. The van der Waals surface area contributed by atoms with Gasteiger partial charge in [0.15, 0.2) is 5.82 Å². The van der Waals surface area contributed by atoms with Crippen LogP contribution in [0.2, 0.25) is 0 Å². The molecule has 0 bridgehead atoms. The first-order valence-electron chi connectivity index (χ1n) is 4.57. The summed E-state index contributed by atoms with van der Waals surface area (Å²) in [5.41, 5.74) is -0.189. The van der Waals surface area contributed by atoms with Crippen LogP contribution in [0.5, 0.6) is 0 Å². The van der Waals surface area contributed by atoms with Crippen molar-refractivity contribution in [1.82, 2.24) is 9.97 Å². The predicted molar refractivity (Wildman–Crippen MR) is 57.8 cm³/mol. The summed E-state index contributed by atoms with van der Waals surface area (Å²) < 4.78 is 0. The molecule has 1 atom stereocenters. The number of hydrogen-bond donors (Lipinski definition) is 2. The Hall–Kier alpha value is -1.03. The first kappa shape index (κ1) is 11.0. The molecule has 1 heterocycles. The van der Waals surface area contributed by atoms with E-state index in [9.17, 15) is 4.79 Å². The lowest BCUT2D eigenvalue weighted by Crippen LogP contribution is -2.19. The highest BCUT2D eigenvalue weighted by Crippen LogP contribution is 2.03. The maximum Gasteiger partial charge on any atom is 0.290 e. The molecular formula is C9H14ClN3O. The van der Waals surface area contributed by atoms with Crippen molar-refractivity contribution >= 4 is 17.4 Å². The Balaban J connectivity index is 2.46. The van der Waals surface area contributed by atoms with Crippen molar-refractivity contribution in [2.75, 3.05) is 17.7 Å². The summed E-state index contributed by atoms with van der Waals surface area (Å²) in [7, 11) is 0. The molecule has 0 aliphatic carbocycles. The molecule has 1 aromatic rings. The molecule has 5 heteroatoms. The van der Waals surface area contributed by atoms with Gasteiger partial charge in [0, 0.05) is 24.8 Å². The van der Waals surface area contributed by atoms with E-state index in [1.54, 1.807) is 6.20 Å². The quantitative estimate of drug-likeness (QED) is 0.731. The van der Waals surface area contributed by atoms with Crippen LogP contribution in [0.4, 0.5) is 5.82 Å². The van der Waals surface area contributed by atoms with Crippen LogP contribution >= 0.6 is 11.6 Å². The summed E-state index contributed by atoms with van der Waals surface area (Å²) in [5, 5.41) is 2.98. The van der Waals surface area contributed by atoms with Gasteiger partial charge in [-0.25, -0.2) is 4.98 Å². The molecule has 0 fully saturated rings. The maximum atomic E-state index is 11.2. The summed E-state index contributed by atoms with van der Waals surface area (Å²) in [6, 6.07) is 0. The number of halogens is 1. The number of aromatic nitrogens is 2. The van der Waals surface area contributed by atoms with Gasteiger partial charge in [0.1, 0.15) is 0 Å². The third-order valence-corrected chi connectivity index (χ3v) is 2.15. The van der Waals surface area contributed by atoms with Crippen molar-refractivity contribution in [1.29, 1.82) is 0 Å². The van der Waals surface area contributed by atoms with Crippen LogP contribution < -0.4 is 10.9 Å². The normalized spacial score (nSPS) is 12.4. The largest absolute Gasteiger partial charge is 0.365 e. The smallest absolute Gasteiger partial charge is 0.290 e. The molecule has 0 spiro atoms. The molecule has 1 unspecified atom stereocenters. The Bertz CT molecular complexity index is 326. The Kier molecular flexibility index (Phi) is 4.46. The molecule has 0 amide bonds. The fraction of sp³-hybridized carbons (Fsp3) is 0.556. The minimum Gasteiger partial charge on any atom is -0.365 e. The summed E-state index contributed by atoms with van der Waals surface area (Å²) in [5.74, 6) is 1.45. The van der Waals surface area contributed by atoms with E-state index in [1.807, 2.05) is 0 Å². The molecule has 0 saturated carbocycles. The monoisotopic (exact) mass is 215 g/mol. The second-order valence-corrected chi connectivity index (χ2v) is 3.61. The van der Waals surface area contributed by atoms with Gasteiger partial charge in [-0.15, -0.1) is 11.6 Å². The molecule has 1 rings (SSSR count). The number of hydrogen-bond acceptors (Lipinski definition) is 3. The van der Waals surface area contributed by atoms with Crippen LogP contribution in [0.1, 0.15) is 13.3 Å². The highest BCUT2D eigenvalue weighted by molar-refractivity contribution is 6.17. The number of H-pyrrole nitrogens is 1. The number of aromatic amines is 1. The van der Waals surface area contributed by atoms with Crippen molar-refractivity contribution in [3.63, 3.8) is 0 Å². The number of rotatable bonds is 5. The average molecular weight is 216 g/mol. The SMILES string of the molecule is CC(CCCl)CNc1ncc[nH]c1=O. The van der Waals surface area contributed by atoms with Gasteiger partial charge >= 0.3 is 0 Å². The highest BCUT2D eigenvalue weighted by Gasteiger charge is 2.03. The lowest BCUT2D eigenvalue weighted by Gasteiger charge is -2.10. The van der Waals surface area contributed by atoms with Crippen LogP contribution in [0, 0.1) is 5.92 Å². The molecule has 0 aromatic carbocycles. The number of anilines is 1. The van der Waals surface area contributed by atoms with Gasteiger partial charge in [0.05, 0.1) is 0 Å². The Morgan fingerprint density at radius 2 is 2.50 bits per heavy atom. The van der Waals surface area contributed by atoms with Gasteiger partial charge in [-0.05, 0) is 12.3 Å². The van der Waals surface area contributed by atoms with E-state index in [4.69, 9.17) is 11.6 Å². The van der Waals surface area contributed by atoms with E-state index in [0.717, 1.165) is 6.42 Å². The molecular weight excluding hydrogens is 202 g/mol. The molecule has 2 N–H and O–H groups in total. The zero-order chi connectivity index (χ0) is 10.4. The van der Waals surface area contributed by atoms with Crippen molar-refractivity contribution < 1.29 is 0 Å². The zero-order valence-corrected chi connectivity index (χ0v) is 8.84. The minimum absolute atomic E-state index is 0.189. The second kappa shape index (κ2) is 5.65. The fourth-order valence-corrected chi connectivity index (χ4v) is 1.41. The predicted octanol–water partition coefficient (Wildman–Crippen LogP) is 1.45. The Morgan fingerprint density at radius 1 is 1.71 bits per heavy atom. The average Bonchev–Trinajstić information content (AvgIpc) is 2.17. The van der Waals surface area contributed by atoms with E-state index in [1.165, 1.54) is 6.20 Å². The van der Waals surface area contributed by atoms with Crippen molar-refractivity contribution in [3.05, 3.63) is 22.7 Å². The van der Waals surface area contributed by atoms with Gasteiger partial charge in [0.2, 0.25) is 0 Å². The van der Waals surface area contributed by atoms with Gasteiger partial charge in [-0.1, -0.05) is 6.92 Å². The molecule has 0 aliphatic heterocycles. The topological polar surface area (TPSA) is 57.8 Å². The van der Waals surface area contributed by atoms with Crippen LogP contribution in [-0.2, 0) is 0 Å². The van der Waals surface area contributed by atoms with Gasteiger partial charge in [0.25, 0.3) is 5.56 Å². The second-order valence-electron chi connectivity index (χ2n) is 3.23. The van der Waals surface area contributed by atoms with Crippen LogP contribution in [0.25, 0.3) is 0 Å². The van der Waals surface area contributed by atoms with Gasteiger partial charge in [-0.3, -0.25) is 4.79 Å². The maximum absolute atomic E-state index is 11.2. The van der Waals surface area contributed by atoms with Crippen LogP contribution in [0.3, 0.4) is 0 Å². The zero-order valence-electron chi connectivity index (χ0n) is 8.09. The molecule has 4 nitrogen and oxygen atoms in total. The summed E-state index contributed by atoms with van der Waals surface area (Å²) in [6.45, 7) is 2.79. The lowest BCUT2D eigenvalue weighted by molar-refractivity contribution is 0.595. The van der Waals surface area contributed by atoms with Crippen LogP contribution in [0.15, 0.2) is 17.2 Å². The van der Waals surface area contributed by atoms with E-state index in [0.29, 0.717) is 24.2 Å². The number of nitrogens with zero attached hydrogens (tertiary/aromatic N) is 1. The van der Waals surface area contributed by atoms with E-state index in [2.05, 4.69) is 22.2 Å². The molecule has 78 valence electrons. The molecule has 0 saturated heterocycles. The van der Waals surface area contributed by atoms with Gasteiger partial charge in [-0.2, -0.15) is 0 Å². The summed E-state index contributed by atoms with van der Waals surface area (Å²) >= 11 is 5.60. The lowest BCUT2D eigenvalue weighted by atomic mass is 10.1. The van der Waals surface area contributed by atoms with E-state index < -0.39 is 0 Å². The Morgan fingerprint density at radius 3 is 3.14 bits per heavy atom. The fourth-order valence-electron chi connectivity index (χ4n) is 1.04. The summed E-state index contributed by atoms with van der Waals surface area (Å²) in [4.78, 5) is 17.7. The standard InChI is InChI=1S/C9H14ClN3O/c1-7(2-3-10)6-13-8-9(14)12-5-4-11-8/h4-5,7H,2-3,6H2,1H3,(H,11,13)(H,12,14). The Labute approximate surface area is 87.7 Å². The molecule has 1 aromatic heterocycles. The third kappa shape index (κ3) is 3.38. The van der Waals surface area contributed by atoms with Crippen molar-refractivity contribution in [2.45, 2.75) is 13.3 Å². The first-order valence-corrected chi connectivity index (χ1v) is 5.11. The van der Waals surface area contributed by atoms with Crippen LogP contribution in [-0.4, -0.2) is 22.4 Å². The van der Waals surface area contributed by atoms with Crippen molar-refractivity contribution in [3.8, 4) is 0 Å². The molecule has 0 radical (unpaired) electrons. The third-order valence-electron chi connectivity index (χ3n) is 1.93. The van der Waals surface area contributed by atoms with Crippen molar-refractivity contribution in [2.24, 2.45) is 5.92 Å². The first-order chi connectivity index (χ1) is 6.74. The summed E-state index contributed by atoms with van der Waals surface area (Å²) in [6.07, 6.45) is 3.99. The molecule has 0 aliphatic rings. The number of alkyl halides is 1.